The second-order valence-corrected chi connectivity index (χ2v) is 4.01. The predicted molar refractivity (Wildman–Crippen MR) is 68.0 cm³/mol. The number of benzene rings is 1. The summed E-state index contributed by atoms with van der Waals surface area (Å²) in [6.45, 7) is 0.453. The van der Waals surface area contributed by atoms with Gasteiger partial charge in [-0.05, 0) is 23.8 Å². The van der Waals surface area contributed by atoms with E-state index in [4.69, 9.17) is 5.73 Å². The Morgan fingerprint density at radius 2 is 1.94 bits per heavy atom. The van der Waals surface area contributed by atoms with E-state index in [2.05, 4.69) is 10.2 Å². The quantitative estimate of drug-likeness (QED) is 0.712. The molecule has 5 heteroatoms. The van der Waals surface area contributed by atoms with Crippen LogP contribution in [0.25, 0.3) is 17.0 Å². The number of phenols is 1. The molecule has 0 aliphatic heterocycles. The molecule has 0 spiro atoms. The van der Waals surface area contributed by atoms with E-state index in [0.29, 0.717) is 17.9 Å². The van der Waals surface area contributed by atoms with Crippen LogP contribution in [0.2, 0.25) is 0 Å². The molecule has 3 aromatic rings. The van der Waals surface area contributed by atoms with E-state index in [-0.39, 0.29) is 5.75 Å². The largest absolute Gasteiger partial charge is 0.507 e. The summed E-state index contributed by atoms with van der Waals surface area (Å²) in [6, 6.07) is 10.8. The first-order chi connectivity index (χ1) is 8.79. The zero-order valence-corrected chi connectivity index (χ0v) is 9.61. The van der Waals surface area contributed by atoms with Crippen LogP contribution in [-0.2, 0) is 6.54 Å². The van der Waals surface area contributed by atoms with Crippen LogP contribution in [0.15, 0.2) is 42.6 Å². The van der Waals surface area contributed by atoms with Crippen LogP contribution in [0.1, 0.15) is 5.56 Å². The second kappa shape index (κ2) is 4.12. The van der Waals surface area contributed by atoms with Crippen molar-refractivity contribution in [3.05, 3.63) is 48.2 Å². The van der Waals surface area contributed by atoms with Crippen molar-refractivity contribution in [2.75, 3.05) is 0 Å². The highest BCUT2D eigenvalue weighted by molar-refractivity contribution is 5.66. The molecule has 0 saturated carbocycles. The number of nitrogens with zero attached hydrogens (tertiary/aromatic N) is 3. The molecular weight excluding hydrogens is 228 g/mol. The summed E-state index contributed by atoms with van der Waals surface area (Å²) in [5.74, 6) is 0.795. The zero-order chi connectivity index (χ0) is 12.5. The van der Waals surface area contributed by atoms with Gasteiger partial charge in [0.15, 0.2) is 11.5 Å². The summed E-state index contributed by atoms with van der Waals surface area (Å²) in [4.78, 5) is 0. The van der Waals surface area contributed by atoms with E-state index in [9.17, 15) is 5.11 Å². The molecule has 2 aromatic heterocycles. The smallest absolute Gasteiger partial charge is 0.172 e. The molecular formula is C13H12N4O. The van der Waals surface area contributed by atoms with Gasteiger partial charge in [0.2, 0.25) is 0 Å². The van der Waals surface area contributed by atoms with Crippen LogP contribution in [0.5, 0.6) is 5.75 Å². The fourth-order valence-electron chi connectivity index (χ4n) is 1.90. The van der Waals surface area contributed by atoms with Crippen molar-refractivity contribution in [1.82, 2.24) is 14.6 Å². The summed E-state index contributed by atoms with van der Waals surface area (Å²) < 4.78 is 1.83. The van der Waals surface area contributed by atoms with E-state index in [0.717, 1.165) is 11.2 Å². The molecule has 1 aromatic carbocycles. The zero-order valence-electron chi connectivity index (χ0n) is 9.61. The summed E-state index contributed by atoms with van der Waals surface area (Å²) in [5.41, 5.74) is 7.99. The number of pyridine rings is 1. The van der Waals surface area contributed by atoms with Crippen LogP contribution >= 0.6 is 0 Å². The molecule has 0 radical (unpaired) electrons. The molecule has 0 atom stereocenters. The minimum absolute atomic E-state index is 0.185. The van der Waals surface area contributed by atoms with Gasteiger partial charge in [0.05, 0.1) is 5.56 Å². The minimum atomic E-state index is 0.185. The standard InChI is InChI=1S/C13H12N4O/c14-7-9-5-6-12-15-16-13(17(12)8-9)10-3-1-2-4-11(10)18/h1-6,8,18H,7,14H2. The van der Waals surface area contributed by atoms with Crippen LogP contribution in [-0.4, -0.2) is 19.7 Å². The number of nitrogens with two attached hydrogens (primary N) is 1. The third kappa shape index (κ3) is 1.61. The van der Waals surface area contributed by atoms with Gasteiger partial charge in [-0.2, -0.15) is 0 Å². The Balaban J connectivity index is 2.26. The number of hydrogen-bond donors (Lipinski definition) is 2. The topological polar surface area (TPSA) is 76.4 Å². The predicted octanol–water partition coefficient (Wildman–Crippen LogP) is 1.56. The molecule has 2 heterocycles. The maximum atomic E-state index is 9.86. The average Bonchev–Trinajstić information content (AvgIpc) is 2.82. The Labute approximate surface area is 104 Å². The number of aromatic nitrogens is 3. The highest BCUT2D eigenvalue weighted by Gasteiger charge is 2.11. The lowest BCUT2D eigenvalue weighted by Crippen LogP contribution is -1.99. The second-order valence-electron chi connectivity index (χ2n) is 4.01. The Kier molecular flexibility index (Phi) is 2.46. The van der Waals surface area contributed by atoms with Gasteiger partial charge in [-0.3, -0.25) is 4.40 Å². The number of fused-ring (bicyclic) bond motifs is 1. The molecule has 3 rings (SSSR count). The Bertz CT molecular complexity index is 705. The van der Waals surface area contributed by atoms with Crippen molar-refractivity contribution >= 4 is 5.65 Å². The van der Waals surface area contributed by atoms with Gasteiger partial charge >= 0.3 is 0 Å². The molecule has 0 fully saturated rings. The molecule has 90 valence electrons. The van der Waals surface area contributed by atoms with Crippen molar-refractivity contribution in [2.45, 2.75) is 6.54 Å². The summed E-state index contributed by atoms with van der Waals surface area (Å²) in [6.07, 6.45) is 1.89. The van der Waals surface area contributed by atoms with Gasteiger partial charge in [0.1, 0.15) is 5.75 Å². The number of hydrogen-bond acceptors (Lipinski definition) is 4. The molecule has 18 heavy (non-hydrogen) atoms. The maximum absolute atomic E-state index is 9.86. The first-order valence-corrected chi connectivity index (χ1v) is 5.61. The van der Waals surface area contributed by atoms with Crippen molar-refractivity contribution in [3.8, 4) is 17.1 Å². The number of phenolic OH excluding ortho intramolecular Hbond substituents is 1. The third-order valence-corrected chi connectivity index (χ3v) is 2.84. The Morgan fingerprint density at radius 3 is 2.72 bits per heavy atom. The molecule has 3 N–H and O–H groups in total. The van der Waals surface area contributed by atoms with Gasteiger partial charge in [0.25, 0.3) is 0 Å². The average molecular weight is 240 g/mol. The maximum Gasteiger partial charge on any atom is 0.172 e. The summed E-state index contributed by atoms with van der Waals surface area (Å²) in [7, 11) is 0. The summed E-state index contributed by atoms with van der Waals surface area (Å²) >= 11 is 0. The van der Waals surface area contributed by atoms with Gasteiger partial charge in [0, 0.05) is 12.7 Å². The van der Waals surface area contributed by atoms with Gasteiger partial charge < -0.3 is 10.8 Å². The summed E-state index contributed by atoms with van der Waals surface area (Å²) in [5, 5.41) is 18.0. The lowest BCUT2D eigenvalue weighted by Gasteiger charge is -2.03. The lowest BCUT2D eigenvalue weighted by atomic mass is 10.2. The first-order valence-electron chi connectivity index (χ1n) is 5.61. The van der Waals surface area contributed by atoms with E-state index in [1.54, 1.807) is 18.2 Å². The highest BCUT2D eigenvalue weighted by atomic mass is 16.3. The molecule has 5 nitrogen and oxygen atoms in total. The first kappa shape index (κ1) is 10.7. The van der Waals surface area contributed by atoms with E-state index >= 15 is 0 Å². The monoisotopic (exact) mass is 240 g/mol. The van der Waals surface area contributed by atoms with Crippen LogP contribution < -0.4 is 5.73 Å². The van der Waals surface area contributed by atoms with Crippen LogP contribution in [0, 0.1) is 0 Å². The molecule has 0 unspecified atom stereocenters. The fourth-order valence-corrected chi connectivity index (χ4v) is 1.90. The number of para-hydroxylation sites is 1. The van der Waals surface area contributed by atoms with Crippen molar-refractivity contribution < 1.29 is 5.11 Å². The van der Waals surface area contributed by atoms with Crippen LogP contribution in [0.4, 0.5) is 0 Å². The van der Waals surface area contributed by atoms with Crippen molar-refractivity contribution in [3.63, 3.8) is 0 Å². The normalized spacial score (nSPS) is 10.9. The molecule has 0 saturated heterocycles. The fraction of sp³-hybridized carbons (Fsp3) is 0.0769. The molecule has 0 bridgehead atoms. The van der Waals surface area contributed by atoms with Gasteiger partial charge in [-0.25, -0.2) is 0 Å². The van der Waals surface area contributed by atoms with E-state index in [1.165, 1.54) is 0 Å². The van der Waals surface area contributed by atoms with E-state index < -0.39 is 0 Å². The number of rotatable bonds is 2. The molecule has 0 aliphatic rings. The SMILES string of the molecule is NCc1ccc2nnc(-c3ccccc3O)n2c1. The highest BCUT2D eigenvalue weighted by Crippen LogP contribution is 2.27. The van der Waals surface area contributed by atoms with Gasteiger partial charge in [-0.1, -0.05) is 18.2 Å². The van der Waals surface area contributed by atoms with Crippen LogP contribution in [0.3, 0.4) is 0 Å². The molecule has 0 amide bonds. The Hall–Kier alpha value is -2.40. The van der Waals surface area contributed by atoms with Crippen molar-refractivity contribution in [2.24, 2.45) is 5.73 Å². The molecule has 0 aliphatic carbocycles. The van der Waals surface area contributed by atoms with Crippen molar-refractivity contribution in [1.29, 1.82) is 0 Å². The van der Waals surface area contributed by atoms with E-state index in [1.807, 2.05) is 28.8 Å². The lowest BCUT2D eigenvalue weighted by molar-refractivity contribution is 0.477. The minimum Gasteiger partial charge on any atom is -0.507 e. The third-order valence-electron chi connectivity index (χ3n) is 2.84. The van der Waals surface area contributed by atoms with Gasteiger partial charge in [-0.15, -0.1) is 10.2 Å². The number of aromatic hydroxyl groups is 1. The Morgan fingerprint density at radius 1 is 1.11 bits per heavy atom.